The summed E-state index contributed by atoms with van der Waals surface area (Å²) in [5, 5.41) is 0. The van der Waals surface area contributed by atoms with Crippen molar-refractivity contribution >= 4 is 0 Å². The second kappa shape index (κ2) is 6.01. The molecule has 0 spiro atoms. The quantitative estimate of drug-likeness (QED) is 0.530. The van der Waals surface area contributed by atoms with Crippen molar-refractivity contribution in [2.45, 2.75) is 40.5 Å². The summed E-state index contributed by atoms with van der Waals surface area (Å²) < 4.78 is 0. The average molecular weight is 180 g/mol. The first kappa shape index (κ1) is 12.5. The van der Waals surface area contributed by atoms with Crippen molar-refractivity contribution in [1.29, 1.82) is 0 Å². The topological polar surface area (TPSA) is 0 Å². The van der Waals surface area contributed by atoms with Crippen LogP contribution in [0.3, 0.4) is 0 Å². The first-order valence-corrected chi connectivity index (χ1v) is 5.26. The molecule has 0 amide bonds. The monoisotopic (exact) mass is 180 g/mol. The first-order chi connectivity index (χ1) is 5.99. The van der Waals surface area contributed by atoms with Crippen LogP contribution in [0.5, 0.6) is 0 Å². The SMILES string of the molecule is C=C[C@H](CCC(=C)C)[C@@H](C)C(C)C. The van der Waals surface area contributed by atoms with Crippen LogP contribution in [0, 0.1) is 17.8 Å². The molecule has 0 saturated carbocycles. The summed E-state index contributed by atoms with van der Waals surface area (Å²) in [6.45, 7) is 16.8. The van der Waals surface area contributed by atoms with E-state index >= 15 is 0 Å². The van der Waals surface area contributed by atoms with Crippen molar-refractivity contribution < 1.29 is 0 Å². The zero-order valence-corrected chi connectivity index (χ0v) is 9.64. The molecule has 76 valence electrons. The Morgan fingerprint density at radius 1 is 1.31 bits per heavy atom. The summed E-state index contributed by atoms with van der Waals surface area (Å²) in [7, 11) is 0. The van der Waals surface area contributed by atoms with Gasteiger partial charge in [0.1, 0.15) is 0 Å². The minimum Gasteiger partial charge on any atom is -0.103 e. The van der Waals surface area contributed by atoms with Crippen LogP contribution in [-0.2, 0) is 0 Å². The third kappa shape index (κ3) is 4.92. The van der Waals surface area contributed by atoms with Gasteiger partial charge in [0.05, 0.1) is 0 Å². The van der Waals surface area contributed by atoms with Gasteiger partial charge < -0.3 is 0 Å². The minimum absolute atomic E-state index is 0.650. The molecular formula is C13H24. The highest BCUT2D eigenvalue weighted by molar-refractivity contribution is 4.92. The summed E-state index contributed by atoms with van der Waals surface area (Å²) >= 11 is 0. The third-order valence-electron chi connectivity index (χ3n) is 2.93. The molecule has 0 nitrogen and oxygen atoms in total. The second-order valence-electron chi connectivity index (χ2n) is 4.50. The molecule has 0 heterocycles. The maximum Gasteiger partial charge on any atom is -0.0205 e. The molecule has 0 aliphatic heterocycles. The molecule has 0 unspecified atom stereocenters. The number of allylic oxidation sites excluding steroid dienone is 2. The van der Waals surface area contributed by atoms with Crippen molar-refractivity contribution in [3.05, 3.63) is 24.8 Å². The summed E-state index contributed by atoms with van der Waals surface area (Å²) in [4.78, 5) is 0. The predicted octanol–water partition coefficient (Wildman–Crippen LogP) is 4.44. The van der Waals surface area contributed by atoms with E-state index in [1.165, 1.54) is 12.0 Å². The van der Waals surface area contributed by atoms with E-state index in [2.05, 4.69) is 46.9 Å². The van der Waals surface area contributed by atoms with Crippen LogP contribution in [0.4, 0.5) is 0 Å². The maximum atomic E-state index is 3.93. The molecule has 13 heavy (non-hydrogen) atoms. The molecule has 0 fully saturated rings. The third-order valence-corrected chi connectivity index (χ3v) is 2.93. The van der Waals surface area contributed by atoms with Crippen molar-refractivity contribution in [1.82, 2.24) is 0 Å². The Labute approximate surface area is 83.7 Å². The molecule has 0 heteroatoms. The molecule has 0 aromatic heterocycles. The van der Waals surface area contributed by atoms with Crippen LogP contribution in [0.25, 0.3) is 0 Å². The van der Waals surface area contributed by atoms with Gasteiger partial charge in [-0.25, -0.2) is 0 Å². The van der Waals surface area contributed by atoms with Crippen molar-refractivity contribution in [3.63, 3.8) is 0 Å². The smallest absolute Gasteiger partial charge is 0.0205 e. The maximum absolute atomic E-state index is 3.93. The lowest BCUT2D eigenvalue weighted by Gasteiger charge is -2.24. The van der Waals surface area contributed by atoms with Gasteiger partial charge in [-0.3, -0.25) is 0 Å². The zero-order valence-electron chi connectivity index (χ0n) is 9.64. The fourth-order valence-electron chi connectivity index (χ4n) is 1.50. The van der Waals surface area contributed by atoms with Crippen molar-refractivity contribution in [3.8, 4) is 0 Å². The molecule has 2 atom stereocenters. The largest absolute Gasteiger partial charge is 0.103 e. The Bertz CT molecular complexity index is 165. The van der Waals surface area contributed by atoms with Gasteiger partial charge >= 0.3 is 0 Å². The van der Waals surface area contributed by atoms with Crippen LogP contribution in [0.1, 0.15) is 40.5 Å². The van der Waals surface area contributed by atoms with Crippen molar-refractivity contribution in [2.24, 2.45) is 17.8 Å². The molecule has 0 bridgehead atoms. The summed E-state index contributed by atoms with van der Waals surface area (Å²) in [6, 6.07) is 0. The summed E-state index contributed by atoms with van der Waals surface area (Å²) in [5.41, 5.74) is 1.28. The Balaban J connectivity index is 4.02. The van der Waals surface area contributed by atoms with Gasteiger partial charge in [-0.15, -0.1) is 13.2 Å². The lowest BCUT2D eigenvalue weighted by molar-refractivity contribution is 0.310. The van der Waals surface area contributed by atoms with E-state index < -0.39 is 0 Å². The molecule has 0 aliphatic rings. The normalized spacial score (nSPS) is 15.5. The summed E-state index contributed by atoms with van der Waals surface area (Å²) in [5.74, 6) is 2.13. The van der Waals surface area contributed by atoms with Crippen molar-refractivity contribution in [2.75, 3.05) is 0 Å². The average Bonchev–Trinajstić information content (AvgIpc) is 2.04. The lowest BCUT2D eigenvalue weighted by atomic mass is 9.82. The van der Waals surface area contributed by atoms with Gasteiger partial charge in [-0.2, -0.15) is 0 Å². The predicted molar refractivity (Wildman–Crippen MR) is 61.7 cm³/mol. The highest BCUT2D eigenvalue weighted by Gasteiger charge is 2.16. The molecule has 0 radical (unpaired) electrons. The van der Waals surface area contributed by atoms with E-state index in [4.69, 9.17) is 0 Å². The number of hydrogen-bond acceptors (Lipinski definition) is 0. The van der Waals surface area contributed by atoms with E-state index in [-0.39, 0.29) is 0 Å². The molecule has 0 aliphatic carbocycles. The number of hydrogen-bond donors (Lipinski definition) is 0. The zero-order chi connectivity index (χ0) is 10.4. The van der Waals surface area contributed by atoms with Gasteiger partial charge in [0.15, 0.2) is 0 Å². The minimum atomic E-state index is 0.650. The highest BCUT2D eigenvalue weighted by Crippen LogP contribution is 2.26. The highest BCUT2D eigenvalue weighted by atomic mass is 14.2. The van der Waals surface area contributed by atoms with Gasteiger partial charge in [0.25, 0.3) is 0 Å². The molecule has 0 N–H and O–H groups in total. The molecule has 0 rings (SSSR count). The fourth-order valence-corrected chi connectivity index (χ4v) is 1.50. The lowest BCUT2D eigenvalue weighted by Crippen LogP contribution is -2.15. The molecular weight excluding hydrogens is 156 g/mol. The summed E-state index contributed by atoms with van der Waals surface area (Å²) in [6.07, 6.45) is 4.44. The Kier molecular flexibility index (Phi) is 5.77. The first-order valence-electron chi connectivity index (χ1n) is 5.26. The van der Waals surface area contributed by atoms with Crippen LogP contribution in [0.15, 0.2) is 24.8 Å². The fraction of sp³-hybridized carbons (Fsp3) is 0.692. The number of rotatable bonds is 6. The van der Waals surface area contributed by atoms with Crippen LogP contribution >= 0.6 is 0 Å². The second-order valence-corrected chi connectivity index (χ2v) is 4.50. The van der Waals surface area contributed by atoms with Crippen LogP contribution < -0.4 is 0 Å². The van der Waals surface area contributed by atoms with Gasteiger partial charge in [0.2, 0.25) is 0 Å². The molecule has 0 aromatic rings. The van der Waals surface area contributed by atoms with E-state index in [1.807, 2.05) is 0 Å². The Morgan fingerprint density at radius 3 is 2.15 bits per heavy atom. The van der Waals surface area contributed by atoms with Gasteiger partial charge in [0, 0.05) is 0 Å². The van der Waals surface area contributed by atoms with Crippen LogP contribution in [0.2, 0.25) is 0 Å². The Morgan fingerprint density at radius 2 is 1.85 bits per heavy atom. The molecule has 0 aromatic carbocycles. The standard InChI is InChI=1S/C13H24/c1-7-13(9-8-10(2)3)12(6)11(4)5/h7,11-13H,1-2,8-9H2,3-6H3/t12-,13+/m0/s1. The van der Waals surface area contributed by atoms with Crippen LogP contribution in [-0.4, -0.2) is 0 Å². The Hall–Kier alpha value is -0.520. The van der Waals surface area contributed by atoms with Gasteiger partial charge in [-0.1, -0.05) is 32.4 Å². The van der Waals surface area contributed by atoms with E-state index in [0.29, 0.717) is 5.92 Å². The van der Waals surface area contributed by atoms with E-state index in [9.17, 15) is 0 Å². The van der Waals surface area contributed by atoms with E-state index in [0.717, 1.165) is 18.3 Å². The van der Waals surface area contributed by atoms with E-state index in [1.54, 1.807) is 0 Å². The van der Waals surface area contributed by atoms with Gasteiger partial charge in [-0.05, 0) is 37.5 Å². The molecule has 0 saturated heterocycles.